The van der Waals surface area contributed by atoms with Crippen LogP contribution in [0.25, 0.3) is 0 Å². The van der Waals surface area contributed by atoms with Crippen LogP contribution in [0.2, 0.25) is 0 Å². The minimum atomic E-state index is -0.0152. The highest BCUT2D eigenvalue weighted by molar-refractivity contribution is 5.92. The van der Waals surface area contributed by atoms with Crippen molar-refractivity contribution in [2.45, 2.75) is 12.5 Å². The second-order valence-electron chi connectivity index (χ2n) is 3.51. The first-order chi connectivity index (χ1) is 6.77. The van der Waals surface area contributed by atoms with Crippen LogP contribution >= 0.6 is 24.8 Å². The Morgan fingerprint density at radius 3 is 2.69 bits per heavy atom. The quantitative estimate of drug-likeness (QED) is 0.826. The highest BCUT2D eigenvalue weighted by atomic mass is 35.5. The van der Waals surface area contributed by atoms with Crippen LogP contribution in [0.5, 0.6) is 0 Å². The topological polar surface area (TPSA) is 59.2 Å². The fraction of sp³-hybridized carbons (Fsp3) is 0.400. The van der Waals surface area contributed by atoms with E-state index in [4.69, 9.17) is 5.73 Å². The second kappa shape index (κ2) is 6.68. The average molecular weight is 264 g/mol. The summed E-state index contributed by atoms with van der Waals surface area (Å²) < 4.78 is 0. The molecule has 6 heteroatoms. The van der Waals surface area contributed by atoms with Gasteiger partial charge in [-0.05, 0) is 18.6 Å². The molecule has 1 fully saturated rings. The molecule has 16 heavy (non-hydrogen) atoms. The molecule has 1 aromatic rings. The first-order valence-electron chi connectivity index (χ1n) is 4.73. The highest BCUT2D eigenvalue weighted by Gasteiger charge is 2.24. The molecule has 0 radical (unpaired) electrons. The molecule has 0 aliphatic carbocycles. The zero-order valence-electron chi connectivity index (χ0n) is 8.70. The number of carbonyl (C=O) groups excluding carboxylic acids is 1. The molecule has 1 aromatic heterocycles. The molecule has 90 valence electrons. The SMILES string of the molecule is Cl.Cl.N[C@H]1CCN(C(=O)c2ccccn2)C1. The van der Waals surface area contributed by atoms with Gasteiger partial charge in [-0.1, -0.05) is 6.07 Å². The lowest BCUT2D eigenvalue weighted by Gasteiger charge is -2.14. The number of nitrogens with two attached hydrogens (primary N) is 1. The van der Waals surface area contributed by atoms with Gasteiger partial charge in [0.2, 0.25) is 0 Å². The summed E-state index contributed by atoms with van der Waals surface area (Å²) in [5.74, 6) is -0.0152. The van der Waals surface area contributed by atoms with Crippen molar-refractivity contribution < 1.29 is 4.79 Å². The summed E-state index contributed by atoms with van der Waals surface area (Å²) in [7, 11) is 0. The second-order valence-corrected chi connectivity index (χ2v) is 3.51. The molecule has 1 amide bonds. The maximum atomic E-state index is 11.8. The van der Waals surface area contributed by atoms with E-state index in [1.54, 1.807) is 23.2 Å². The molecule has 1 saturated heterocycles. The smallest absolute Gasteiger partial charge is 0.272 e. The number of rotatable bonds is 1. The van der Waals surface area contributed by atoms with Crippen LogP contribution in [0.3, 0.4) is 0 Å². The minimum Gasteiger partial charge on any atom is -0.336 e. The van der Waals surface area contributed by atoms with Gasteiger partial charge in [0.05, 0.1) is 0 Å². The standard InChI is InChI=1S/C10H13N3O.2ClH/c11-8-4-6-13(7-8)10(14)9-3-1-2-5-12-9;;/h1-3,5,8H,4,6-7,11H2;2*1H/t8-;;/m0../s1. The zero-order chi connectivity index (χ0) is 9.97. The summed E-state index contributed by atoms with van der Waals surface area (Å²) in [6, 6.07) is 5.47. The maximum Gasteiger partial charge on any atom is 0.272 e. The maximum absolute atomic E-state index is 11.8. The number of nitrogens with zero attached hydrogens (tertiary/aromatic N) is 2. The average Bonchev–Trinajstić information content (AvgIpc) is 2.65. The normalized spacial score (nSPS) is 18.6. The third-order valence-corrected chi connectivity index (χ3v) is 2.40. The number of hydrogen-bond donors (Lipinski definition) is 1. The summed E-state index contributed by atoms with van der Waals surface area (Å²) in [4.78, 5) is 17.6. The Bertz CT molecular complexity index is 334. The van der Waals surface area contributed by atoms with Crippen LogP contribution in [-0.4, -0.2) is 34.9 Å². The van der Waals surface area contributed by atoms with E-state index < -0.39 is 0 Å². The van der Waals surface area contributed by atoms with Gasteiger partial charge < -0.3 is 10.6 Å². The first kappa shape index (κ1) is 15.2. The van der Waals surface area contributed by atoms with E-state index in [1.807, 2.05) is 6.07 Å². The van der Waals surface area contributed by atoms with Crippen molar-refractivity contribution in [3.63, 3.8) is 0 Å². The number of pyridine rings is 1. The summed E-state index contributed by atoms with van der Waals surface area (Å²) in [6.07, 6.45) is 2.52. The van der Waals surface area contributed by atoms with E-state index in [-0.39, 0.29) is 36.8 Å². The Morgan fingerprint density at radius 2 is 2.19 bits per heavy atom. The van der Waals surface area contributed by atoms with Gasteiger partial charge >= 0.3 is 0 Å². The molecule has 0 saturated carbocycles. The number of hydrogen-bond acceptors (Lipinski definition) is 3. The molecule has 2 heterocycles. The minimum absolute atomic E-state index is 0. The molecular formula is C10H15Cl2N3O. The lowest BCUT2D eigenvalue weighted by molar-refractivity contribution is 0.0785. The summed E-state index contributed by atoms with van der Waals surface area (Å²) in [6.45, 7) is 1.39. The predicted octanol–water partition coefficient (Wildman–Crippen LogP) is 1.10. The third kappa shape index (κ3) is 3.33. The molecule has 0 spiro atoms. The highest BCUT2D eigenvalue weighted by Crippen LogP contribution is 2.10. The van der Waals surface area contributed by atoms with Gasteiger partial charge in [0.15, 0.2) is 0 Å². The number of aromatic nitrogens is 1. The van der Waals surface area contributed by atoms with E-state index in [0.29, 0.717) is 12.2 Å². The predicted molar refractivity (Wildman–Crippen MR) is 67.2 cm³/mol. The molecule has 2 rings (SSSR count). The van der Waals surface area contributed by atoms with Gasteiger partial charge in [0, 0.05) is 25.3 Å². The fourth-order valence-electron chi connectivity index (χ4n) is 1.62. The van der Waals surface area contributed by atoms with E-state index >= 15 is 0 Å². The Labute approximate surface area is 107 Å². The lowest BCUT2D eigenvalue weighted by Crippen LogP contribution is -2.32. The van der Waals surface area contributed by atoms with Crippen LogP contribution in [-0.2, 0) is 0 Å². The van der Waals surface area contributed by atoms with E-state index in [2.05, 4.69) is 4.98 Å². The molecule has 2 N–H and O–H groups in total. The number of halogens is 2. The van der Waals surface area contributed by atoms with Crippen molar-refractivity contribution >= 4 is 30.7 Å². The van der Waals surface area contributed by atoms with Gasteiger partial charge in [0.1, 0.15) is 5.69 Å². The van der Waals surface area contributed by atoms with E-state index in [0.717, 1.165) is 13.0 Å². The van der Waals surface area contributed by atoms with Crippen LogP contribution in [0.15, 0.2) is 24.4 Å². The molecular weight excluding hydrogens is 249 g/mol. The molecule has 0 bridgehead atoms. The number of amides is 1. The molecule has 1 aliphatic heterocycles. The molecule has 1 aliphatic rings. The third-order valence-electron chi connectivity index (χ3n) is 2.40. The van der Waals surface area contributed by atoms with E-state index in [9.17, 15) is 4.79 Å². The van der Waals surface area contributed by atoms with Crippen LogP contribution in [0.4, 0.5) is 0 Å². The van der Waals surface area contributed by atoms with Gasteiger partial charge in [-0.25, -0.2) is 0 Å². The van der Waals surface area contributed by atoms with Crippen LogP contribution in [0.1, 0.15) is 16.9 Å². The Morgan fingerprint density at radius 1 is 1.44 bits per heavy atom. The van der Waals surface area contributed by atoms with Gasteiger partial charge in [-0.3, -0.25) is 9.78 Å². The van der Waals surface area contributed by atoms with Crippen molar-refractivity contribution in [1.82, 2.24) is 9.88 Å². The molecule has 0 aromatic carbocycles. The summed E-state index contributed by atoms with van der Waals surface area (Å²) >= 11 is 0. The summed E-state index contributed by atoms with van der Waals surface area (Å²) in [5, 5.41) is 0. The van der Waals surface area contributed by atoms with E-state index in [1.165, 1.54) is 0 Å². The van der Waals surface area contributed by atoms with Gasteiger partial charge in [0.25, 0.3) is 5.91 Å². The molecule has 1 atom stereocenters. The van der Waals surface area contributed by atoms with Crippen molar-refractivity contribution in [2.75, 3.05) is 13.1 Å². The van der Waals surface area contributed by atoms with Crippen molar-refractivity contribution in [2.24, 2.45) is 5.73 Å². The largest absolute Gasteiger partial charge is 0.336 e. The van der Waals surface area contributed by atoms with Gasteiger partial charge in [-0.2, -0.15) is 0 Å². The van der Waals surface area contributed by atoms with Crippen LogP contribution in [0, 0.1) is 0 Å². The fourth-order valence-corrected chi connectivity index (χ4v) is 1.62. The number of carbonyl (C=O) groups is 1. The Hall–Kier alpha value is -0.840. The number of likely N-dealkylation sites (tertiary alicyclic amines) is 1. The Balaban J connectivity index is 0.00000112. The van der Waals surface area contributed by atoms with Crippen LogP contribution < -0.4 is 5.73 Å². The molecule has 4 nitrogen and oxygen atoms in total. The lowest BCUT2D eigenvalue weighted by atomic mass is 10.3. The van der Waals surface area contributed by atoms with Gasteiger partial charge in [-0.15, -0.1) is 24.8 Å². The summed E-state index contributed by atoms with van der Waals surface area (Å²) in [5.41, 5.74) is 6.23. The van der Waals surface area contributed by atoms with Crippen molar-refractivity contribution in [3.05, 3.63) is 30.1 Å². The monoisotopic (exact) mass is 263 g/mol. The zero-order valence-corrected chi connectivity index (χ0v) is 10.3. The van der Waals surface area contributed by atoms with Crippen molar-refractivity contribution in [1.29, 1.82) is 0 Å². The van der Waals surface area contributed by atoms with Crippen molar-refractivity contribution in [3.8, 4) is 0 Å². The Kier molecular flexibility index (Phi) is 6.33. The first-order valence-corrected chi connectivity index (χ1v) is 4.73. The molecule has 0 unspecified atom stereocenters.